The van der Waals surface area contributed by atoms with Gasteiger partial charge < -0.3 is 14.7 Å². The molecule has 1 saturated heterocycles. The van der Waals surface area contributed by atoms with Crippen LogP contribution in [0.15, 0.2) is 18.2 Å². The van der Waals surface area contributed by atoms with Crippen molar-refractivity contribution in [3.8, 4) is 0 Å². The molecule has 1 aliphatic heterocycles. The highest BCUT2D eigenvalue weighted by Gasteiger charge is 2.22. The van der Waals surface area contributed by atoms with E-state index >= 15 is 0 Å². The monoisotopic (exact) mass is 267 g/mol. The third-order valence-electron chi connectivity index (χ3n) is 3.80. The van der Waals surface area contributed by atoms with Gasteiger partial charge in [0.15, 0.2) is 0 Å². The van der Waals surface area contributed by atoms with Crippen molar-refractivity contribution in [1.82, 2.24) is 0 Å². The van der Waals surface area contributed by atoms with Gasteiger partial charge in [-0.15, -0.1) is 0 Å². The Labute approximate surface area is 114 Å². The average molecular weight is 267 g/mol. The molecule has 1 fully saturated rings. The molecule has 1 heterocycles. The molecule has 0 aliphatic carbocycles. The second-order valence-electron chi connectivity index (χ2n) is 5.26. The Kier molecular flexibility index (Phi) is 4.77. The summed E-state index contributed by atoms with van der Waals surface area (Å²) in [7, 11) is 1.73. The maximum absolute atomic E-state index is 13.3. The van der Waals surface area contributed by atoms with Crippen molar-refractivity contribution < 1.29 is 14.2 Å². The number of piperidine rings is 1. The van der Waals surface area contributed by atoms with Gasteiger partial charge in [-0.05, 0) is 43.9 Å². The summed E-state index contributed by atoms with van der Waals surface area (Å²) in [5.74, 6) is 0.311. The Morgan fingerprint density at radius 2 is 2.11 bits per heavy atom. The Bertz CT molecular complexity index is 415. The standard InChI is InChI=1S/C15H22FNO2/c1-11(18)14-9-13(16)3-4-15(14)17-7-5-12(6-8-17)10-19-2/h3-4,9,11-12,18H,5-8,10H2,1-2H3/t11-/m0/s1. The topological polar surface area (TPSA) is 32.7 Å². The van der Waals surface area contributed by atoms with Crippen LogP contribution in [0, 0.1) is 11.7 Å². The molecule has 0 saturated carbocycles. The van der Waals surface area contributed by atoms with Crippen LogP contribution in [-0.4, -0.2) is 31.9 Å². The van der Waals surface area contributed by atoms with Crippen LogP contribution in [0.1, 0.15) is 31.4 Å². The van der Waals surface area contributed by atoms with E-state index in [0.29, 0.717) is 11.5 Å². The van der Waals surface area contributed by atoms with Crippen LogP contribution in [-0.2, 0) is 4.74 Å². The van der Waals surface area contributed by atoms with Gasteiger partial charge in [0.25, 0.3) is 0 Å². The lowest BCUT2D eigenvalue weighted by atomic mass is 9.96. The summed E-state index contributed by atoms with van der Waals surface area (Å²) in [6.07, 6.45) is 1.50. The number of rotatable bonds is 4. The molecular formula is C15H22FNO2. The van der Waals surface area contributed by atoms with Crippen molar-refractivity contribution in [2.75, 3.05) is 31.7 Å². The van der Waals surface area contributed by atoms with Crippen molar-refractivity contribution in [3.05, 3.63) is 29.6 Å². The van der Waals surface area contributed by atoms with Crippen LogP contribution in [0.3, 0.4) is 0 Å². The van der Waals surface area contributed by atoms with Crippen LogP contribution in [0.25, 0.3) is 0 Å². The predicted molar refractivity (Wildman–Crippen MR) is 73.8 cm³/mol. The molecule has 19 heavy (non-hydrogen) atoms. The number of halogens is 1. The van der Waals surface area contributed by atoms with Gasteiger partial charge in [-0.25, -0.2) is 4.39 Å². The quantitative estimate of drug-likeness (QED) is 0.910. The number of hydrogen-bond donors (Lipinski definition) is 1. The SMILES string of the molecule is COCC1CCN(c2ccc(F)cc2[C@H](C)O)CC1. The van der Waals surface area contributed by atoms with Gasteiger partial charge in [-0.3, -0.25) is 0 Å². The highest BCUT2D eigenvalue weighted by molar-refractivity contribution is 5.55. The van der Waals surface area contributed by atoms with Crippen molar-refractivity contribution in [2.45, 2.75) is 25.9 Å². The Balaban J connectivity index is 2.11. The van der Waals surface area contributed by atoms with Gasteiger partial charge in [-0.2, -0.15) is 0 Å². The number of anilines is 1. The molecule has 1 N–H and O–H groups in total. The molecule has 1 aliphatic rings. The van der Waals surface area contributed by atoms with Crippen molar-refractivity contribution in [3.63, 3.8) is 0 Å². The van der Waals surface area contributed by atoms with E-state index in [1.165, 1.54) is 12.1 Å². The van der Waals surface area contributed by atoms with E-state index in [1.54, 1.807) is 20.1 Å². The van der Waals surface area contributed by atoms with E-state index in [9.17, 15) is 9.50 Å². The molecule has 106 valence electrons. The lowest BCUT2D eigenvalue weighted by Gasteiger charge is -2.35. The predicted octanol–water partition coefficient (Wildman–Crippen LogP) is 2.74. The van der Waals surface area contributed by atoms with E-state index < -0.39 is 6.10 Å². The third-order valence-corrected chi connectivity index (χ3v) is 3.80. The molecule has 0 spiro atoms. The van der Waals surface area contributed by atoms with Gasteiger partial charge in [0.2, 0.25) is 0 Å². The van der Waals surface area contributed by atoms with Crippen LogP contribution < -0.4 is 4.90 Å². The summed E-state index contributed by atoms with van der Waals surface area (Å²) < 4.78 is 18.5. The van der Waals surface area contributed by atoms with E-state index in [0.717, 1.165) is 38.2 Å². The molecule has 0 amide bonds. The highest BCUT2D eigenvalue weighted by Crippen LogP contribution is 2.30. The summed E-state index contributed by atoms with van der Waals surface area (Å²) in [4.78, 5) is 2.23. The molecule has 2 rings (SSSR count). The van der Waals surface area contributed by atoms with E-state index in [2.05, 4.69) is 4.90 Å². The first-order valence-electron chi connectivity index (χ1n) is 6.83. The van der Waals surface area contributed by atoms with Crippen LogP contribution in [0.2, 0.25) is 0 Å². The Morgan fingerprint density at radius 1 is 1.42 bits per heavy atom. The fourth-order valence-corrected chi connectivity index (χ4v) is 2.72. The van der Waals surface area contributed by atoms with Gasteiger partial charge in [0, 0.05) is 38.1 Å². The molecule has 0 bridgehead atoms. The zero-order valence-electron chi connectivity index (χ0n) is 11.6. The molecule has 0 aromatic heterocycles. The normalized spacial score (nSPS) is 18.6. The summed E-state index contributed by atoms with van der Waals surface area (Å²) >= 11 is 0. The fraction of sp³-hybridized carbons (Fsp3) is 0.600. The van der Waals surface area contributed by atoms with Gasteiger partial charge in [0.05, 0.1) is 6.10 Å². The minimum Gasteiger partial charge on any atom is -0.389 e. The molecular weight excluding hydrogens is 245 g/mol. The number of hydrogen-bond acceptors (Lipinski definition) is 3. The van der Waals surface area contributed by atoms with Crippen molar-refractivity contribution in [1.29, 1.82) is 0 Å². The number of aliphatic hydroxyl groups is 1. The average Bonchev–Trinajstić information content (AvgIpc) is 2.40. The third kappa shape index (κ3) is 3.45. The second-order valence-corrected chi connectivity index (χ2v) is 5.26. The number of benzene rings is 1. The lowest BCUT2D eigenvalue weighted by Crippen LogP contribution is -2.35. The molecule has 1 aromatic carbocycles. The summed E-state index contributed by atoms with van der Waals surface area (Å²) in [6.45, 7) is 4.34. The summed E-state index contributed by atoms with van der Waals surface area (Å²) in [6, 6.07) is 4.66. The van der Waals surface area contributed by atoms with E-state index in [-0.39, 0.29) is 5.82 Å². The van der Waals surface area contributed by atoms with Crippen LogP contribution >= 0.6 is 0 Å². The Hall–Kier alpha value is -1.13. The number of methoxy groups -OCH3 is 1. The molecule has 1 aromatic rings. The van der Waals surface area contributed by atoms with Crippen LogP contribution in [0.5, 0.6) is 0 Å². The van der Waals surface area contributed by atoms with Gasteiger partial charge >= 0.3 is 0 Å². The smallest absolute Gasteiger partial charge is 0.123 e. The van der Waals surface area contributed by atoms with Gasteiger partial charge in [0.1, 0.15) is 5.82 Å². The Morgan fingerprint density at radius 3 is 2.68 bits per heavy atom. The summed E-state index contributed by atoms with van der Waals surface area (Å²) in [5.41, 5.74) is 1.62. The number of ether oxygens (including phenoxy) is 1. The van der Waals surface area contributed by atoms with Gasteiger partial charge in [-0.1, -0.05) is 0 Å². The second kappa shape index (κ2) is 6.35. The highest BCUT2D eigenvalue weighted by atomic mass is 19.1. The van der Waals surface area contributed by atoms with Crippen molar-refractivity contribution >= 4 is 5.69 Å². The minimum absolute atomic E-state index is 0.297. The van der Waals surface area contributed by atoms with Crippen molar-refractivity contribution in [2.24, 2.45) is 5.92 Å². The maximum Gasteiger partial charge on any atom is 0.123 e. The van der Waals surface area contributed by atoms with E-state index in [4.69, 9.17) is 4.74 Å². The lowest BCUT2D eigenvalue weighted by molar-refractivity contribution is 0.139. The summed E-state index contributed by atoms with van der Waals surface area (Å²) in [5, 5.41) is 9.78. The largest absolute Gasteiger partial charge is 0.389 e. The fourth-order valence-electron chi connectivity index (χ4n) is 2.72. The first-order chi connectivity index (χ1) is 9.11. The zero-order valence-corrected chi connectivity index (χ0v) is 11.6. The maximum atomic E-state index is 13.3. The molecule has 3 nitrogen and oxygen atoms in total. The first kappa shape index (κ1) is 14.3. The number of aliphatic hydroxyl groups excluding tert-OH is 1. The molecule has 4 heteroatoms. The zero-order chi connectivity index (χ0) is 13.8. The molecule has 0 radical (unpaired) electrons. The number of nitrogens with zero attached hydrogens (tertiary/aromatic N) is 1. The molecule has 0 unspecified atom stereocenters. The minimum atomic E-state index is -0.651. The first-order valence-corrected chi connectivity index (χ1v) is 6.83. The van der Waals surface area contributed by atoms with Crippen LogP contribution in [0.4, 0.5) is 10.1 Å². The molecule has 1 atom stereocenters. The van der Waals surface area contributed by atoms with E-state index in [1.807, 2.05) is 0 Å².